The fraction of sp³-hybridized carbons (Fsp3) is 0.231. The summed E-state index contributed by atoms with van der Waals surface area (Å²) in [6.07, 6.45) is 0.951. The summed E-state index contributed by atoms with van der Waals surface area (Å²) in [6, 6.07) is 25.9. The molecule has 5 rings (SSSR count). The van der Waals surface area contributed by atoms with E-state index >= 15 is 0 Å². The van der Waals surface area contributed by atoms with E-state index in [2.05, 4.69) is 22.0 Å². The minimum absolute atomic E-state index is 0.0531. The van der Waals surface area contributed by atoms with Gasteiger partial charge in [-0.2, -0.15) is 0 Å². The average Bonchev–Trinajstić information content (AvgIpc) is 3.15. The molecule has 2 heterocycles. The Labute approximate surface area is 181 Å². The summed E-state index contributed by atoms with van der Waals surface area (Å²) in [6.45, 7) is 0.641. The fourth-order valence-corrected chi connectivity index (χ4v) is 4.40. The molecular weight excluding hydrogens is 386 g/mol. The van der Waals surface area contributed by atoms with Crippen LogP contribution in [0.25, 0.3) is 11.0 Å². The molecule has 2 atom stereocenters. The van der Waals surface area contributed by atoms with Gasteiger partial charge in [0.1, 0.15) is 11.9 Å². The molecule has 1 amide bonds. The van der Waals surface area contributed by atoms with Gasteiger partial charge >= 0.3 is 0 Å². The van der Waals surface area contributed by atoms with Crippen molar-refractivity contribution in [2.24, 2.45) is 7.05 Å². The molecule has 3 aromatic carbocycles. The molecule has 31 heavy (non-hydrogen) atoms. The monoisotopic (exact) mass is 411 g/mol. The first-order valence-corrected chi connectivity index (χ1v) is 10.7. The molecule has 1 aliphatic rings. The van der Waals surface area contributed by atoms with Gasteiger partial charge in [0.15, 0.2) is 0 Å². The molecule has 1 aromatic heterocycles. The Morgan fingerprint density at radius 2 is 1.81 bits per heavy atom. The lowest BCUT2D eigenvalue weighted by atomic mass is 9.95. The molecule has 0 radical (unpaired) electrons. The van der Waals surface area contributed by atoms with Crippen LogP contribution in [0.1, 0.15) is 41.1 Å². The molecule has 0 spiro atoms. The first-order chi connectivity index (χ1) is 15.2. The first-order valence-electron chi connectivity index (χ1n) is 10.7. The standard InChI is InChI=1S/C26H25N3O2/c1-29-22-14-8-7-13-21(22)27-26(29)25(19-10-3-2-4-11-19)28-24(30)17-23-20-12-6-5-9-18(20)15-16-31-23/h2-14,23,25H,15-17H2,1H3,(H,28,30). The molecule has 5 heteroatoms. The van der Waals surface area contributed by atoms with Gasteiger partial charge in [-0.3, -0.25) is 4.79 Å². The number of aromatic nitrogens is 2. The number of para-hydroxylation sites is 2. The number of aryl methyl sites for hydroxylation is 1. The highest BCUT2D eigenvalue weighted by Crippen LogP contribution is 2.30. The van der Waals surface area contributed by atoms with Crippen molar-refractivity contribution < 1.29 is 9.53 Å². The number of carbonyl (C=O) groups excluding carboxylic acids is 1. The van der Waals surface area contributed by atoms with Gasteiger partial charge in [-0.05, 0) is 35.2 Å². The molecule has 1 N–H and O–H groups in total. The lowest BCUT2D eigenvalue weighted by Crippen LogP contribution is -2.33. The molecule has 5 nitrogen and oxygen atoms in total. The van der Waals surface area contributed by atoms with Gasteiger partial charge in [-0.1, -0.05) is 66.7 Å². The van der Waals surface area contributed by atoms with E-state index in [1.54, 1.807) is 0 Å². The minimum atomic E-state index is -0.343. The third kappa shape index (κ3) is 3.84. The van der Waals surface area contributed by atoms with Crippen LogP contribution in [0, 0.1) is 0 Å². The second-order valence-corrected chi connectivity index (χ2v) is 7.94. The van der Waals surface area contributed by atoms with Crippen molar-refractivity contribution in [1.29, 1.82) is 0 Å². The van der Waals surface area contributed by atoms with Crippen LogP contribution in [0.3, 0.4) is 0 Å². The summed E-state index contributed by atoms with van der Waals surface area (Å²) < 4.78 is 8.01. The number of imidazole rings is 1. The van der Waals surface area contributed by atoms with E-state index in [0.29, 0.717) is 6.61 Å². The lowest BCUT2D eigenvalue weighted by Gasteiger charge is -2.26. The Bertz CT molecular complexity index is 1220. The van der Waals surface area contributed by atoms with Crippen molar-refractivity contribution >= 4 is 16.9 Å². The smallest absolute Gasteiger partial charge is 0.223 e. The van der Waals surface area contributed by atoms with Crippen molar-refractivity contribution in [3.8, 4) is 0 Å². The van der Waals surface area contributed by atoms with Crippen LogP contribution in [0.4, 0.5) is 0 Å². The molecule has 2 unspecified atom stereocenters. The van der Waals surface area contributed by atoms with E-state index in [1.165, 1.54) is 5.56 Å². The number of nitrogens with zero attached hydrogens (tertiary/aromatic N) is 2. The molecule has 0 fully saturated rings. The van der Waals surface area contributed by atoms with Crippen LogP contribution in [0.5, 0.6) is 0 Å². The maximum Gasteiger partial charge on any atom is 0.223 e. The maximum absolute atomic E-state index is 13.2. The van der Waals surface area contributed by atoms with Crippen molar-refractivity contribution in [2.45, 2.75) is 25.0 Å². The third-order valence-electron chi connectivity index (χ3n) is 5.98. The van der Waals surface area contributed by atoms with Crippen LogP contribution >= 0.6 is 0 Å². The zero-order valence-corrected chi connectivity index (χ0v) is 17.5. The highest BCUT2D eigenvalue weighted by Gasteiger charge is 2.27. The van der Waals surface area contributed by atoms with Crippen LogP contribution in [0.2, 0.25) is 0 Å². The fourth-order valence-electron chi connectivity index (χ4n) is 4.40. The Morgan fingerprint density at radius 3 is 2.65 bits per heavy atom. The lowest BCUT2D eigenvalue weighted by molar-refractivity contribution is -0.125. The van der Waals surface area contributed by atoms with Gasteiger partial charge in [0.2, 0.25) is 5.91 Å². The van der Waals surface area contributed by atoms with Crippen molar-refractivity contribution in [3.63, 3.8) is 0 Å². The number of carbonyl (C=O) groups is 1. The average molecular weight is 412 g/mol. The van der Waals surface area contributed by atoms with Crippen molar-refractivity contribution in [2.75, 3.05) is 6.61 Å². The number of ether oxygens (including phenoxy) is 1. The molecule has 1 aliphatic heterocycles. The van der Waals surface area contributed by atoms with E-state index in [-0.39, 0.29) is 24.5 Å². The van der Waals surface area contributed by atoms with Gasteiger partial charge in [0.05, 0.1) is 30.2 Å². The summed E-state index contributed by atoms with van der Waals surface area (Å²) in [4.78, 5) is 18.0. The highest BCUT2D eigenvalue weighted by molar-refractivity contribution is 5.79. The van der Waals surface area contributed by atoms with E-state index in [9.17, 15) is 4.79 Å². The summed E-state index contributed by atoms with van der Waals surface area (Å²) >= 11 is 0. The Hall–Kier alpha value is -3.44. The number of amides is 1. The predicted molar refractivity (Wildman–Crippen MR) is 121 cm³/mol. The summed E-state index contributed by atoms with van der Waals surface area (Å²) in [5.41, 5.74) is 5.33. The van der Waals surface area contributed by atoms with Crippen LogP contribution in [-0.4, -0.2) is 22.1 Å². The van der Waals surface area contributed by atoms with E-state index in [1.807, 2.05) is 73.8 Å². The van der Waals surface area contributed by atoms with E-state index < -0.39 is 0 Å². The van der Waals surface area contributed by atoms with Crippen LogP contribution < -0.4 is 5.32 Å². The number of hydrogen-bond donors (Lipinski definition) is 1. The topological polar surface area (TPSA) is 56.2 Å². The van der Waals surface area contributed by atoms with E-state index in [0.717, 1.165) is 34.4 Å². The molecule has 156 valence electrons. The predicted octanol–water partition coefficient (Wildman–Crippen LogP) is 4.48. The number of benzene rings is 3. The molecule has 0 saturated heterocycles. The maximum atomic E-state index is 13.2. The molecule has 0 aliphatic carbocycles. The minimum Gasteiger partial charge on any atom is -0.373 e. The number of fused-ring (bicyclic) bond motifs is 2. The van der Waals surface area contributed by atoms with Crippen molar-refractivity contribution in [3.05, 3.63) is 101 Å². The number of nitrogens with one attached hydrogen (secondary N) is 1. The number of hydrogen-bond acceptors (Lipinski definition) is 3. The summed E-state index contributed by atoms with van der Waals surface area (Å²) in [7, 11) is 1.99. The van der Waals surface area contributed by atoms with Gasteiger partial charge in [-0.25, -0.2) is 4.98 Å². The SMILES string of the molecule is Cn1c(C(NC(=O)CC2OCCc3ccccc32)c2ccccc2)nc2ccccc21. The Balaban J connectivity index is 1.44. The van der Waals surface area contributed by atoms with Crippen LogP contribution in [-0.2, 0) is 23.0 Å². The van der Waals surface area contributed by atoms with Gasteiger partial charge < -0.3 is 14.6 Å². The Kier molecular flexibility index (Phi) is 5.26. The second-order valence-electron chi connectivity index (χ2n) is 7.94. The van der Waals surface area contributed by atoms with Gasteiger partial charge in [0.25, 0.3) is 0 Å². The van der Waals surface area contributed by atoms with E-state index in [4.69, 9.17) is 9.72 Å². The number of rotatable bonds is 5. The zero-order valence-electron chi connectivity index (χ0n) is 17.5. The van der Waals surface area contributed by atoms with Gasteiger partial charge in [-0.15, -0.1) is 0 Å². The Morgan fingerprint density at radius 1 is 1.06 bits per heavy atom. The molecule has 0 bridgehead atoms. The first kappa shape index (κ1) is 19.5. The summed E-state index contributed by atoms with van der Waals surface area (Å²) in [5.74, 6) is 0.758. The second kappa shape index (κ2) is 8.36. The summed E-state index contributed by atoms with van der Waals surface area (Å²) in [5, 5.41) is 3.23. The molecule has 0 saturated carbocycles. The highest BCUT2D eigenvalue weighted by atomic mass is 16.5. The van der Waals surface area contributed by atoms with Crippen LogP contribution in [0.15, 0.2) is 78.9 Å². The van der Waals surface area contributed by atoms with Crippen molar-refractivity contribution in [1.82, 2.24) is 14.9 Å². The molecule has 4 aromatic rings. The zero-order chi connectivity index (χ0) is 21.2. The molecular formula is C26H25N3O2. The van der Waals surface area contributed by atoms with Gasteiger partial charge in [0, 0.05) is 7.05 Å². The normalized spacial score (nSPS) is 16.6. The largest absolute Gasteiger partial charge is 0.373 e. The third-order valence-corrected chi connectivity index (χ3v) is 5.98. The quantitative estimate of drug-likeness (QED) is 0.527.